The molecule has 0 atom stereocenters. The predicted octanol–water partition coefficient (Wildman–Crippen LogP) is 3.34. The van der Waals surface area contributed by atoms with Gasteiger partial charge in [0.1, 0.15) is 0 Å². The van der Waals surface area contributed by atoms with Crippen molar-refractivity contribution >= 4 is 21.2 Å². The summed E-state index contributed by atoms with van der Waals surface area (Å²) < 4.78 is 23.2. The summed E-state index contributed by atoms with van der Waals surface area (Å²) >= 11 is 1.65. The SMILES string of the molecule is CS(=O)(=O)c1ccc(-c2cc(CN)sc2-c2ccncc2)cc1. The zero-order valence-electron chi connectivity index (χ0n) is 12.6. The Hall–Kier alpha value is -2.02. The van der Waals surface area contributed by atoms with E-state index in [1.165, 1.54) is 6.26 Å². The number of hydrogen-bond donors (Lipinski definition) is 1. The molecule has 2 aromatic heterocycles. The van der Waals surface area contributed by atoms with Crippen LogP contribution in [-0.4, -0.2) is 19.7 Å². The van der Waals surface area contributed by atoms with Crippen LogP contribution in [0.3, 0.4) is 0 Å². The van der Waals surface area contributed by atoms with Crippen LogP contribution < -0.4 is 5.73 Å². The largest absolute Gasteiger partial charge is 0.326 e. The topological polar surface area (TPSA) is 73.0 Å². The number of benzene rings is 1. The summed E-state index contributed by atoms with van der Waals surface area (Å²) in [4.78, 5) is 6.57. The van der Waals surface area contributed by atoms with E-state index in [0.29, 0.717) is 11.4 Å². The smallest absolute Gasteiger partial charge is 0.175 e. The fourth-order valence-electron chi connectivity index (χ4n) is 2.36. The van der Waals surface area contributed by atoms with Gasteiger partial charge in [-0.3, -0.25) is 4.98 Å². The van der Waals surface area contributed by atoms with Gasteiger partial charge in [0.15, 0.2) is 9.84 Å². The van der Waals surface area contributed by atoms with Gasteiger partial charge in [0.25, 0.3) is 0 Å². The third kappa shape index (κ3) is 3.34. The van der Waals surface area contributed by atoms with Crippen molar-refractivity contribution in [2.75, 3.05) is 6.26 Å². The zero-order chi connectivity index (χ0) is 16.4. The van der Waals surface area contributed by atoms with Crippen molar-refractivity contribution < 1.29 is 8.42 Å². The molecule has 118 valence electrons. The molecule has 2 N–H and O–H groups in total. The average Bonchev–Trinajstić information content (AvgIpc) is 2.99. The van der Waals surface area contributed by atoms with Crippen LogP contribution in [0.5, 0.6) is 0 Å². The Labute approximate surface area is 139 Å². The molecule has 0 bridgehead atoms. The van der Waals surface area contributed by atoms with Crippen LogP contribution >= 0.6 is 11.3 Å². The molecule has 0 aliphatic carbocycles. The summed E-state index contributed by atoms with van der Waals surface area (Å²) in [5.41, 5.74) is 8.89. The fourth-order valence-corrected chi connectivity index (χ4v) is 4.05. The molecule has 0 saturated carbocycles. The second-order valence-corrected chi connectivity index (χ2v) is 8.34. The predicted molar refractivity (Wildman–Crippen MR) is 94.0 cm³/mol. The van der Waals surface area contributed by atoms with Gasteiger partial charge in [-0.15, -0.1) is 11.3 Å². The van der Waals surface area contributed by atoms with Gasteiger partial charge in [-0.25, -0.2) is 8.42 Å². The quantitative estimate of drug-likeness (QED) is 0.788. The van der Waals surface area contributed by atoms with E-state index in [9.17, 15) is 8.42 Å². The lowest BCUT2D eigenvalue weighted by molar-refractivity contribution is 0.602. The Morgan fingerprint density at radius 2 is 1.70 bits per heavy atom. The van der Waals surface area contributed by atoms with Crippen LogP contribution in [0.1, 0.15) is 4.88 Å². The number of nitrogens with two attached hydrogens (primary N) is 1. The lowest BCUT2D eigenvalue weighted by atomic mass is 10.0. The average molecular weight is 344 g/mol. The van der Waals surface area contributed by atoms with Gasteiger partial charge < -0.3 is 5.73 Å². The minimum absolute atomic E-state index is 0.320. The molecule has 1 aromatic carbocycles. The van der Waals surface area contributed by atoms with E-state index >= 15 is 0 Å². The number of aromatic nitrogens is 1. The molecule has 0 amide bonds. The maximum absolute atomic E-state index is 11.6. The molecular weight excluding hydrogens is 328 g/mol. The first-order chi connectivity index (χ1) is 11.0. The molecule has 0 aliphatic heterocycles. The maximum Gasteiger partial charge on any atom is 0.175 e. The molecule has 0 unspecified atom stereocenters. The Balaban J connectivity index is 2.11. The third-order valence-electron chi connectivity index (χ3n) is 3.52. The summed E-state index contributed by atoms with van der Waals surface area (Å²) in [6.45, 7) is 0.476. The van der Waals surface area contributed by atoms with E-state index in [2.05, 4.69) is 11.1 Å². The molecule has 0 spiro atoms. The van der Waals surface area contributed by atoms with E-state index < -0.39 is 9.84 Å². The van der Waals surface area contributed by atoms with Crippen LogP contribution in [-0.2, 0) is 16.4 Å². The van der Waals surface area contributed by atoms with Crippen molar-refractivity contribution in [1.29, 1.82) is 0 Å². The van der Waals surface area contributed by atoms with E-state index in [4.69, 9.17) is 5.73 Å². The molecule has 4 nitrogen and oxygen atoms in total. The molecular formula is C17H16N2O2S2. The van der Waals surface area contributed by atoms with Gasteiger partial charge >= 0.3 is 0 Å². The van der Waals surface area contributed by atoms with Crippen LogP contribution in [0.25, 0.3) is 21.6 Å². The van der Waals surface area contributed by atoms with Crippen LogP contribution in [0.2, 0.25) is 0 Å². The molecule has 3 aromatic rings. The zero-order valence-corrected chi connectivity index (χ0v) is 14.2. The first-order valence-electron chi connectivity index (χ1n) is 7.02. The second-order valence-electron chi connectivity index (χ2n) is 5.19. The van der Waals surface area contributed by atoms with E-state index in [1.54, 1.807) is 35.9 Å². The van der Waals surface area contributed by atoms with Crippen molar-refractivity contribution in [2.45, 2.75) is 11.4 Å². The highest BCUT2D eigenvalue weighted by Gasteiger charge is 2.13. The Bertz CT molecular complexity index is 915. The van der Waals surface area contributed by atoms with Crippen molar-refractivity contribution in [1.82, 2.24) is 4.98 Å². The van der Waals surface area contributed by atoms with Crippen LogP contribution in [0.15, 0.2) is 59.8 Å². The summed E-state index contributed by atoms with van der Waals surface area (Å²) in [7, 11) is -3.19. The minimum Gasteiger partial charge on any atom is -0.326 e. The summed E-state index contributed by atoms with van der Waals surface area (Å²) in [6.07, 6.45) is 4.73. The number of hydrogen-bond acceptors (Lipinski definition) is 5. The standard InChI is InChI=1S/C17H16N2O2S2/c1-23(20,21)15-4-2-12(3-5-15)16-10-14(11-18)22-17(16)13-6-8-19-9-7-13/h2-10H,11,18H2,1H3. The monoisotopic (exact) mass is 344 g/mol. The summed E-state index contributed by atoms with van der Waals surface area (Å²) in [5.74, 6) is 0. The highest BCUT2D eigenvalue weighted by atomic mass is 32.2. The van der Waals surface area contributed by atoms with Crippen molar-refractivity contribution in [3.8, 4) is 21.6 Å². The van der Waals surface area contributed by atoms with Crippen molar-refractivity contribution in [2.24, 2.45) is 5.73 Å². The Kier molecular flexibility index (Phi) is 4.30. The summed E-state index contributed by atoms with van der Waals surface area (Å²) in [5, 5.41) is 0. The molecule has 3 rings (SSSR count). The number of sulfone groups is 1. The lowest BCUT2D eigenvalue weighted by Gasteiger charge is -2.05. The van der Waals surface area contributed by atoms with Gasteiger partial charge in [0, 0.05) is 40.5 Å². The third-order valence-corrected chi connectivity index (χ3v) is 5.86. The minimum atomic E-state index is -3.19. The van der Waals surface area contributed by atoms with Gasteiger partial charge in [0.05, 0.1) is 4.90 Å². The first-order valence-corrected chi connectivity index (χ1v) is 9.73. The molecule has 0 fully saturated rings. The van der Waals surface area contributed by atoms with Gasteiger partial charge in [0.2, 0.25) is 0 Å². The van der Waals surface area contributed by atoms with Gasteiger partial charge in [-0.05, 0) is 41.5 Å². The maximum atomic E-state index is 11.6. The second kappa shape index (κ2) is 6.23. The summed E-state index contributed by atoms with van der Waals surface area (Å²) in [6, 6.07) is 12.9. The van der Waals surface area contributed by atoms with E-state index in [-0.39, 0.29) is 0 Å². The van der Waals surface area contributed by atoms with E-state index in [1.807, 2.05) is 24.3 Å². The van der Waals surface area contributed by atoms with Crippen molar-refractivity contribution in [3.05, 3.63) is 59.7 Å². The molecule has 0 saturated heterocycles. The van der Waals surface area contributed by atoms with Crippen molar-refractivity contribution in [3.63, 3.8) is 0 Å². The first kappa shape index (κ1) is 15.9. The van der Waals surface area contributed by atoms with Gasteiger partial charge in [-0.2, -0.15) is 0 Å². The van der Waals surface area contributed by atoms with Gasteiger partial charge in [-0.1, -0.05) is 12.1 Å². The highest BCUT2D eigenvalue weighted by molar-refractivity contribution is 7.90. The molecule has 2 heterocycles. The Morgan fingerprint density at radius 3 is 2.26 bits per heavy atom. The number of pyridine rings is 1. The van der Waals surface area contributed by atoms with E-state index in [0.717, 1.165) is 26.4 Å². The lowest BCUT2D eigenvalue weighted by Crippen LogP contribution is -1.96. The Morgan fingerprint density at radius 1 is 1.04 bits per heavy atom. The highest BCUT2D eigenvalue weighted by Crippen LogP contribution is 2.39. The molecule has 23 heavy (non-hydrogen) atoms. The molecule has 0 aliphatic rings. The molecule has 6 heteroatoms. The fraction of sp³-hybridized carbons (Fsp3) is 0.118. The number of thiophene rings is 1. The van der Waals surface area contributed by atoms with Crippen LogP contribution in [0.4, 0.5) is 0 Å². The molecule has 0 radical (unpaired) electrons. The number of nitrogens with zero attached hydrogens (tertiary/aromatic N) is 1. The number of rotatable bonds is 4. The van der Waals surface area contributed by atoms with Crippen LogP contribution in [0, 0.1) is 0 Å². The normalized spacial score (nSPS) is 11.6.